The first-order chi connectivity index (χ1) is 7.74. The Balaban J connectivity index is 1.64. The lowest BCUT2D eigenvalue weighted by Crippen LogP contribution is -2.27. The van der Waals surface area contributed by atoms with Crippen LogP contribution in [-0.2, 0) is 6.54 Å². The van der Waals surface area contributed by atoms with Gasteiger partial charge in [-0.15, -0.1) is 11.3 Å². The largest absolute Gasteiger partial charge is 0.393 e. The Hall–Kier alpha value is -0.380. The second kappa shape index (κ2) is 5.80. The molecule has 0 saturated heterocycles. The van der Waals surface area contributed by atoms with E-state index in [1.165, 1.54) is 22.6 Å². The van der Waals surface area contributed by atoms with E-state index in [2.05, 4.69) is 24.4 Å². The molecule has 0 aliphatic heterocycles. The minimum absolute atomic E-state index is 0.0313. The van der Waals surface area contributed by atoms with Crippen molar-refractivity contribution in [2.45, 2.75) is 45.3 Å². The van der Waals surface area contributed by atoms with Gasteiger partial charge in [-0.25, -0.2) is 0 Å². The Labute approximate surface area is 102 Å². The zero-order chi connectivity index (χ0) is 11.4. The first kappa shape index (κ1) is 12.1. The van der Waals surface area contributed by atoms with Crippen LogP contribution in [0.5, 0.6) is 0 Å². The van der Waals surface area contributed by atoms with Gasteiger partial charge in [0.1, 0.15) is 0 Å². The van der Waals surface area contributed by atoms with Crippen LogP contribution < -0.4 is 5.32 Å². The Morgan fingerprint density at radius 3 is 2.69 bits per heavy atom. The van der Waals surface area contributed by atoms with Gasteiger partial charge >= 0.3 is 0 Å². The lowest BCUT2D eigenvalue weighted by atomic mass is 9.87. The molecular formula is C13H21NOS. The number of nitrogens with one attached hydrogen (secondary N) is 1. The number of hydrogen-bond donors (Lipinski definition) is 2. The molecule has 1 aliphatic carbocycles. The van der Waals surface area contributed by atoms with Crippen LogP contribution in [0, 0.1) is 12.8 Å². The maximum absolute atomic E-state index is 9.41. The summed E-state index contributed by atoms with van der Waals surface area (Å²) in [6.07, 6.45) is 4.31. The molecule has 1 fully saturated rings. The molecule has 0 atom stereocenters. The first-order valence-corrected chi connectivity index (χ1v) is 7.00. The molecule has 0 radical (unpaired) electrons. The Morgan fingerprint density at radius 1 is 1.31 bits per heavy atom. The van der Waals surface area contributed by atoms with E-state index in [0.29, 0.717) is 0 Å². The van der Waals surface area contributed by atoms with E-state index >= 15 is 0 Å². The number of rotatable bonds is 4. The highest BCUT2D eigenvalue weighted by atomic mass is 32.1. The molecule has 1 aliphatic rings. The maximum atomic E-state index is 9.41. The fourth-order valence-corrected chi connectivity index (χ4v) is 3.19. The number of aryl methyl sites for hydroxylation is 1. The fourth-order valence-electron chi connectivity index (χ4n) is 2.33. The van der Waals surface area contributed by atoms with E-state index < -0.39 is 0 Å². The van der Waals surface area contributed by atoms with E-state index in [4.69, 9.17) is 0 Å². The van der Waals surface area contributed by atoms with Gasteiger partial charge in [0.2, 0.25) is 0 Å². The lowest BCUT2D eigenvalue weighted by molar-refractivity contribution is 0.108. The molecule has 0 unspecified atom stereocenters. The third-order valence-corrected chi connectivity index (χ3v) is 4.35. The summed E-state index contributed by atoms with van der Waals surface area (Å²) in [5.74, 6) is 0.768. The summed E-state index contributed by atoms with van der Waals surface area (Å²) in [6, 6.07) is 4.39. The van der Waals surface area contributed by atoms with Gasteiger partial charge < -0.3 is 10.4 Å². The van der Waals surface area contributed by atoms with E-state index in [0.717, 1.165) is 31.8 Å². The van der Waals surface area contributed by atoms with Gasteiger partial charge in [0.25, 0.3) is 0 Å². The van der Waals surface area contributed by atoms with Crippen molar-refractivity contribution < 1.29 is 5.11 Å². The Kier molecular flexibility index (Phi) is 4.38. The van der Waals surface area contributed by atoms with E-state index in [-0.39, 0.29) is 6.10 Å². The zero-order valence-corrected chi connectivity index (χ0v) is 10.7. The van der Waals surface area contributed by atoms with Crippen molar-refractivity contribution in [3.05, 3.63) is 21.9 Å². The summed E-state index contributed by atoms with van der Waals surface area (Å²) in [7, 11) is 0. The minimum atomic E-state index is -0.0313. The van der Waals surface area contributed by atoms with E-state index in [9.17, 15) is 5.11 Å². The van der Waals surface area contributed by atoms with Crippen molar-refractivity contribution in [3.8, 4) is 0 Å². The third-order valence-electron chi connectivity index (χ3n) is 3.34. The molecule has 1 aromatic heterocycles. The summed E-state index contributed by atoms with van der Waals surface area (Å²) >= 11 is 1.87. The van der Waals surface area contributed by atoms with Gasteiger partial charge in [-0.3, -0.25) is 0 Å². The second-order valence-electron chi connectivity index (χ2n) is 4.82. The molecule has 16 heavy (non-hydrogen) atoms. The topological polar surface area (TPSA) is 32.3 Å². The van der Waals surface area contributed by atoms with Gasteiger partial charge in [-0.05, 0) is 57.2 Å². The van der Waals surface area contributed by atoms with Crippen molar-refractivity contribution in [1.29, 1.82) is 0 Å². The monoisotopic (exact) mass is 239 g/mol. The summed E-state index contributed by atoms with van der Waals surface area (Å²) in [4.78, 5) is 2.81. The lowest BCUT2D eigenvalue weighted by Gasteiger charge is -2.25. The van der Waals surface area contributed by atoms with Gasteiger partial charge in [0, 0.05) is 16.3 Å². The second-order valence-corrected chi connectivity index (χ2v) is 6.19. The molecule has 1 saturated carbocycles. The van der Waals surface area contributed by atoms with E-state index in [1.807, 2.05) is 11.3 Å². The highest BCUT2D eigenvalue weighted by Crippen LogP contribution is 2.23. The molecule has 2 rings (SSSR count). The quantitative estimate of drug-likeness (QED) is 0.846. The molecule has 2 nitrogen and oxygen atoms in total. The van der Waals surface area contributed by atoms with Crippen molar-refractivity contribution in [2.24, 2.45) is 5.92 Å². The molecule has 2 N–H and O–H groups in total. The predicted molar refractivity (Wildman–Crippen MR) is 68.7 cm³/mol. The average molecular weight is 239 g/mol. The Morgan fingerprint density at radius 2 is 2.06 bits per heavy atom. The molecule has 0 spiro atoms. The van der Waals surface area contributed by atoms with Gasteiger partial charge in [0.15, 0.2) is 0 Å². The molecular weight excluding hydrogens is 218 g/mol. The smallest absolute Gasteiger partial charge is 0.0540 e. The van der Waals surface area contributed by atoms with Crippen LogP contribution in [0.2, 0.25) is 0 Å². The summed E-state index contributed by atoms with van der Waals surface area (Å²) < 4.78 is 0. The first-order valence-electron chi connectivity index (χ1n) is 6.18. The van der Waals surface area contributed by atoms with Crippen molar-refractivity contribution in [3.63, 3.8) is 0 Å². The molecule has 3 heteroatoms. The third kappa shape index (κ3) is 3.58. The average Bonchev–Trinajstić information content (AvgIpc) is 2.67. The molecule has 0 bridgehead atoms. The van der Waals surface area contributed by atoms with Crippen LogP contribution in [0.1, 0.15) is 35.4 Å². The Bertz CT molecular complexity index is 315. The van der Waals surface area contributed by atoms with E-state index in [1.54, 1.807) is 0 Å². The summed E-state index contributed by atoms with van der Waals surface area (Å²) in [6.45, 7) is 4.25. The summed E-state index contributed by atoms with van der Waals surface area (Å²) in [5.41, 5.74) is 0. The molecule has 1 heterocycles. The predicted octanol–water partition coefficient (Wildman–Crippen LogP) is 2.70. The zero-order valence-electron chi connectivity index (χ0n) is 9.91. The highest BCUT2D eigenvalue weighted by Gasteiger charge is 2.18. The van der Waals surface area contributed by atoms with Gasteiger partial charge in [-0.1, -0.05) is 0 Å². The number of thiophene rings is 1. The fraction of sp³-hybridized carbons (Fsp3) is 0.692. The molecule has 0 aromatic carbocycles. The highest BCUT2D eigenvalue weighted by molar-refractivity contribution is 7.11. The van der Waals surface area contributed by atoms with Crippen LogP contribution in [0.15, 0.2) is 12.1 Å². The van der Waals surface area contributed by atoms with Crippen LogP contribution in [0.25, 0.3) is 0 Å². The normalized spacial score (nSPS) is 25.9. The SMILES string of the molecule is Cc1ccc(CNCC2CCC(O)CC2)s1. The standard InChI is InChI=1S/C13H21NOS/c1-10-2-7-13(16-10)9-14-8-11-3-5-12(15)6-4-11/h2,7,11-12,14-15H,3-6,8-9H2,1H3. The van der Waals surface area contributed by atoms with Crippen LogP contribution in [-0.4, -0.2) is 17.8 Å². The van der Waals surface area contributed by atoms with Gasteiger partial charge in [-0.2, -0.15) is 0 Å². The number of aliphatic hydroxyl groups is 1. The number of aliphatic hydroxyl groups excluding tert-OH is 1. The van der Waals surface area contributed by atoms with Crippen LogP contribution in [0.3, 0.4) is 0 Å². The molecule has 0 amide bonds. The van der Waals surface area contributed by atoms with Crippen LogP contribution in [0.4, 0.5) is 0 Å². The molecule has 1 aromatic rings. The number of hydrogen-bond acceptors (Lipinski definition) is 3. The minimum Gasteiger partial charge on any atom is -0.393 e. The van der Waals surface area contributed by atoms with Crippen molar-refractivity contribution in [2.75, 3.05) is 6.54 Å². The van der Waals surface area contributed by atoms with Crippen LogP contribution >= 0.6 is 11.3 Å². The molecule has 90 valence electrons. The summed E-state index contributed by atoms with van der Waals surface area (Å²) in [5, 5.41) is 12.9. The maximum Gasteiger partial charge on any atom is 0.0540 e. The van der Waals surface area contributed by atoms with Crippen molar-refractivity contribution in [1.82, 2.24) is 5.32 Å². The van der Waals surface area contributed by atoms with Gasteiger partial charge in [0.05, 0.1) is 6.10 Å². The van der Waals surface area contributed by atoms with Crippen molar-refractivity contribution >= 4 is 11.3 Å².